The quantitative estimate of drug-likeness (QED) is 0.774. The summed E-state index contributed by atoms with van der Waals surface area (Å²) in [5.41, 5.74) is 1.21. The fourth-order valence-corrected chi connectivity index (χ4v) is 3.28. The zero-order chi connectivity index (χ0) is 20.1. The number of nitrogens with zero attached hydrogens (tertiary/aromatic N) is 1. The van der Waals surface area contributed by atoms with E-state index in [9.17, 15) is 18.4 Å². The third kappa shape index (κ3) is 4.54. The fourth-order valence-electron chi connectivity index (χ4n) is 3.28. The van der Waals surface area contributed by atoms with Crippen molar-refractivity contribution in [3.63, 3.8) is 0 Å². The Kier molecular flexibility index (Phi) is 6.36. The number of benzene rings is 2. The molecule has 7 heteroatoms. The van der Waals surface area contributed by atoms with Crippen LogP contribution in [0.15, 0.2) is 48.5 Å². The molecule has 3 rings (SSSR count). The SMILES string of the molecule is CN1C(=O)COC(C(=O)NCCCc2ccccc2F)C1c1ccc(F)cc1. The predicted molar refractivity (Wildman–Crippen MR) is 99.4 cm³/mol. The third-order valence-corrected chi connectivity index (χ3v) is 4.83. The van der Waals surface area contributed by atoms with E-state index < -0.39 is 18.0 Å². The van der Waals surface area contributed by atoms with Crippen LogP contribution in [0.1, 0.15) is 23.6 Å². The number of rotatable bonds is 6. The van der Waals surface area contributed by atoms with Gasteiger partial charge in [-0.15, -0.1) is 0 Å². The van der Waals surface area contributed by atoms with Gasteiger partial charge in [0, 0.05) is 13.6 Å². The van der Waals surface area contributed by atoms with Crippen LogP contribution in [-0.2, 0) is 20.7 Å². The van der Waals surface area contributed by atoms with Crippen molar-refractivity contribution in [1.82, 2.24) is 10.2 Å². The van der Waals surface area contributed by atoms with Crippen LogP contribution < -0.4 is 5.32 Å². The Morgan fingerprint density at radius 3 is 2.61 bits per heavy atom. The van der Waals surface area contributed by atoms with Gasteiger partial charge in [0.2, 0.25) is 5.91 Å². The number of amides is 2. The first-order valence-corrected chi connectivity index (χ1v) is 9.11. The molecule has 1 aliphatic rings. The molecule has 2 amide bonds. The number of likely N-dealkylation sites (N-methyl/N-ethyl adjacent to an activating group) is 1. The lowest BCUT2D eigenvalue weighted by Gasteiger charge is -2.38. The van der Waals surface area contributed by atoms with E-state index in [0.717, 1.165) is 0 Å². The van der Waals surface area contributed by atoms with Crippen LogP contribution in [0.4, 0.5) is 8.78 Å². The van der Waals surface area contributed by atoms with Crippen LogP contribution in [0.5, 0.6) is 0 Å². The number of hydrogen-bond acceptors (Lipinski definition) is 3. The first-order valence-electron chi connectivity index (χ1n) is 9.11. The highest BCUT2D eigenvalue weighted by Gasteiger charge is 2.39. The molecule has 2 atom stereocenters. The third-order valence-electron chi connectivity index (χ3n) is 4.83. The number of nitrogens with one attached hydrogen (secondary N) is 1. The van der Waals surface area contributed by atoms with E-state index in [4.69, 9.17) is 4.74 Å². The monoisotopic (exact) mass is 388 g/mol. The van der Waals surface area contributed by atoms with Crippen molar-refractivity contribution < 1.29 is 23.1 Å². The number of halogens is 2. The van der Waals surface area contributed by atoms with Crippen LogP contribution in [0.3, 0.4) is 0 Å². The molecule has 28 heavy (non-hydrogen) atoms. The Morgan fingerprint density at radius 2 is 1.89 bits per heavy atom. The second-order valence-electron chi connectivity index (χ2n) is 6.72. The number of carbonyl (C=O) groups excluding carboxylic acids is 2. The van der Waals surface area contributed by atoms with Gasteiger partial charge in [0.15, 0.2) is 6.10 Å². The molecule has 0 bridgehead atoms. The molecule has 1 fully saturated rings. The molecule has 1 saturated heterocycles. The van der Waals surface area contributed by atoms with Gasteiger partial charge >= 0.3 is 0 Å². The van der Waals surface area contributed by atoms with E-state index in [1.165, 1.54) is 35.2 Å². The van der Waals surface area contributed by atoms with Crippen LogP contribution in [0, 0.1) is 11.6 Å². The summed E-state index contributed by atoms with van der Waals surface area (Å²) < 4.78 is 32.4. The van der Waals surface area contributed by atoms with E-state index >= 15 is 0 Å². The lowest BCUT2D eigenvalue weighted by molar-refractivity contribution is -0.162. The summed E-state index contributed by atoms with van der Waals surface area (Å²) in [6.45, 7) is 0.155. The van der Waals surface area contributed by atoms with Crippen LogP contribution >= 0.6 is 0 Å². The molecular weight excluding hydrogens is 366 g/mol. The molecule has 0 aliphatic carbocycles. The normalized spacial score (nSPS) is 19.5. The molecule has 5 nitrogen and oxygen atoms in total. The molecule has 1 N–H and O–H groups in total. The molecule has 1 heterocycles. The Morgan fingerprint density at radius 1 is 1.18 bits per heavy atom. The van der Waals surface area contributed by atoms with Gasteiger partial charge in [0.1, 0.15) is 18.2 Å². The van der Waals surface area contributed by atoms with E-state index in [1.807, 2.05) is 0 Å². The van der Waals surface area contributed by atoms with Crippen molar-refractivity contribution in [3.05, 3.63) is 71.3 Å². The average molecular weight is 388 g/mol. The highest BCUT2D eigenvalue weighted by molar-refractivity contribution is 5.86. The molecule has 148 valence electrons. The summed E-state index contributed by atoms with van der Waals surface area (Å²) in [5, 5.41) is 2.79. The maximum Gasteiger partial charge on any atom is 0.251 e. The van der Waals surface area contributed by atoms with E-state index in [0.29, 0.717) is 30.5 Å². The number of carbonyl (C=O) groups is 2. The zero-order valence-corrected chi connectivity index (χ0v) is 15.5. The van der Waals surface area contributed by atoms with Gasteiger partial charge in [0.05, 0.1) is 6.04 Å². The summed E-state index contributed by atoms with van der Waals surface area (Å²) in [4.78, 5) is 26.1. The lowest BCUT2D eigenvalue weighted by Crippen LogP contribution is -2.53. The first-order chi connectivity index (χ1) is 13.5. The highest BCUT2D eigenvalue weighted by atomic mass is 19.1. The molecule has 0 aromatic heterocycles. The van der Waals surface area contributed by atoms with Crippen molar-refractivity contribution in [1.29, 1.82) is 0 Å². The van der Waals surface area contributed by atoms with Gasteiger partial charge in [0.25, 0.3) is 5.91 Å². The van der Waals surface area contributed by atoms with Crippen molar-refractivity contribution >= 4 is 11.8 Å². The zero-order valence-electron chi connectivity index (χ0n) is 15.5. The summed E-state index contributed by atoms with van der Waals surface area (Å²) in [6.07, 6.45) is 0.162. The van der Waals surface area contributed by atoms with E-state index in [-0.39, 0.29) is 24.2 Å². The summed E-state index contributed by atoms with van der Waals surface area (Å²) in [6, 6.07) is 11.5. The van der Waals surface area contributed by atoms with Crippen molar-refractivity contribution in [2.75, 3.05) is 20.2 Å². The molecule has 1 aliphatic heterocycles. The Labute approximate surface area is 162 Å². The van der Waals surface area contributed by atoms with Gasteiger partial charge in [-0.2, -0.15) is 0 Å². The summed E-state index contributed by atoms with van der Waals surface area (Å²) >= 11 is 0. The van der Waals surface area contributed by atoms with Gasteiger partial charge < -0.3 is 15.0 Å². The molecule has 0 saturated carbocycles. The summed E-state index contributed by atoms with van der Waals surface area (Å²) in [5.74, 6) is -1.27. The van der Waals surface area contributed by atoms with Crippen LogP contribution in [-0.4, -0.2) is 43.0 Å². The van der Waals surface area contributed by atoms with Crippen LogP contribution in [0.25, 0.3) is 0 Å². The topological polar surface area (TPSA) is 58.6 Å². The van der Waals surface area contributed by atoms with Crippen molar-refractivity contribution in [3.8, 4) is 0 Å². The highest BCUT2D eigenvalue weighted by Crippen LogP contribution is 2.29. The van der Waals surface area contributed by atoms with Gasteiger partial charge in [-0.25, -0.2) is 8.78 Å². The second-order valence-corrected chi connectivity index (χ2v) is 6.72. The standard InChI is InChI=1S/C21H22F2N2O3/c1-25-18(26)13-28-20(19(25)15-8-10-16(22)11-9-15)21(27)24-12-4-6-14-5-2-3-7-17(14)23/h2-3,5,7-11,19-20H,4,6,12-13H2,1H3,(H,24,27). The van der Waals surface area contributed by atoms with E-state index in [2.05, 4.69) is 5.32 Å². The Bertz CT molecular complexity index is 842. The average Bonchev–Trinajstić information content (AvgIpc) is 2.69. The number of ether oxygens (including phenoxy) is 1. The molecular formula is C21H22F2N2O3. The minimum Gasteiger partial charge on any atom is -0.356 e. The van der Waals surface area contributed by atoms with Crippen molar-refractivity contribution in [2.24, 2.45) is 0 Å². The predicted octanol–water partition coefficient (Wildman–Crippen LogP) is 2.61. The maximum atomic E-state index is 13.6. The number of aryl methyl sites for hydroxylation is 1. The number of hydrogen-bond donors (Lipinski definition) is 1. The molecule has 0 radical (unpaired) electrons. The first kappa shape index (κ1) is 19.9. The minimum absolute atomic E-state index is 0.193. The number of morpholine rings is 1. The van der Waals surface area contributed by atoms with Gasteiger partial charge in [-0.05, 0) is 42.2 Å². The molecule has 2 aromatic rings. The van der Waals surface area contributed by atoms with E-state index in [1.54, 1.807) is 25.2 Å². The minimum atomic E-state index is -0.901. The second kappa shape index (κ2) is 8.93. The van der Waals surface area contributed by atoms with Gasteiger partial charge in [-0.1, -0.05) is 30.3 Å². The molecule has 2 aromatic carbocycles. The van der Waals surface area contributed by atoms with Crippen molar-refractivity contribution in [2.45, 2.75) is 25.0 Å². The fraction of sp³-hybridized carbons (Fsp3) is 0.333. The summed E-state index contributed by atoms with van der Waals surface area (Å²) in [7, 11) is 1.59. The maximum absolute atomic E-state index is 13.6. The Balaban J connectivity index is 1.62. The molecule has 2 unspecified atom stereocenters. The largest absolute Gasteiger partial charge is 0.356 e. The lowest BCUT2D eigenvalue weighted by atomic mass is 9.97. The smallest absolute Gasteiger partial charge is 0.251 e. The van der Waals surface area contributed by atoms with Crippen LogP contribution in [0.2, 0.25) is 0 Å². The molecule has 0 spiro atoms. The Hall–Kier alpha value is -2.80. The van der Waals surface area contributed by atoms with Gasteiger partial charge in [-0.3, -0.25) is 9.59 Å².